The summed E-state index contributed by atoms with van der Waals surface area (Å²) in [5.74, 6) is -1.49. The van der Waals surface area contributed by atoms with Crippen molar-refractivity contribution in [3.63, 3.8) is 0 Å². The maximum Gasteiger partial charge on any atom is 0.451 e. The van der Waals surface area contributed by atoms with Crippen LogP contribution in [-0.2, 0) is 19.1 Å². The van der Waals surface area contributed by atoms with Crippen molar-refractivity contribution in [2.24, 2.45) is 0 Å². The molecule has 0 radical (unpaired) electrons. The highest BCUT2D eigenvalue weighted by Gasteiger charge is 2.35. The Morgan fingerprint density at radius 3 is 2.71 bits per heavy atom. The van der Waals surface area contributed by atoms with Crippen molar-refractivity contribution in [3.05, 3.63) is 41.5 Å². The Labute approximate surface area is 119 Å². The smallest absolute Gasteiger partial charge is 0.384 e. The van der Waals surface area contributed by atoms with Crippen LogP contribution < -0.4 is 11.1 Å². The fourth-order valence-electron chi connectivity index (χ4n) is 1.81. The van der Waals surface area contributed by atoms with Gasteiger partial charge in [-0.05, 0) is 18.1 Å². The molecule has 0 aliphatic rings. The number of hydrogen-bond acceptors (Lipinski definition) is 5. The molecule has 0 aliphatic heterocycles. The number of nitrogens with zero attached hydrogens (tertiary/aromatic N) is 3. The van der Waals surface area contributed by atoms with Crippen LogP contribution in [0.25, 0.3) is 0 Å². The molecule has 0 saturated heterocycles. The molecule has 21 heavy (non-hydrogen) atoms. The van der Waals surface area contributed by atoms with Crippen molar-refractivity contribution in [2.45, 2.75) is 26.1 Å². The lowest BCUT2D eigenvalue weighted by Gasteiger charge is -2.11. The molecule has 0 amide bonds. The Morgan fingerprint density at radius 1 is 1.29 bits per heavy atom. The number of aryl methyl sites for hydroxylation is 1. The summed E-state index contributed by atoms with van der Waals surface area (Å²) in [5.41, 5.74) is 7.15. The van der Waals surface area contributed by atoms with Crippen molar-refractivity contribution in [1.29, 1.82) is 0 Å². The van der Waals surface area contributed by atoms with Gasteiger partial charge >= 0.3 is 6.18 Å². The third-order valence-corrected chi connectivity index (χ3v) is 2.80. The summed E-state index contributed by atoms with van der Waals surface area (Å²) < 4.78 is 37.8. The van der Waals surface area contributed by atoms with E-state index in [4.69, 9.17) is 5.73 Å². The SMILES string of the molecule is CCc1cccnc1CNc1cc(N)nc(C(F)(F)F)n1. The van der Waals surface area contributed by atoms with Crippen LogP contribution in [0.2, 0.25) is 0 Å². The normalized spacial score (nSPS) is 11.4. The van der Waals surface area contributed by atoms with Gasteiger partial charge in [0.05, 0.1) is 12.2 Å². The van der Waals surface area contributed by atoms with Gasteiger partial charge in [-0.15, -0.1) is 0 Å². The molecule has 2 heterocycles. The number of hydrogen-bond donors (Lipinski definition) is 2. The summed E-state index contributed by atoms with van der Waals surface area (Å²) in [6, 6.07) is 4.98. The average molecular weight is 297 g/mol. The van der Waals surface area contributed by atoms with Crippen LogP contribution in [0.1, 0.15) is 24.0 Å². The van der Waals surface area contributed by atoms with E-state index < -0.39 is 12.0 Å². The molecule has 3 N–H and O–H groups in total. The van der Waals surface area contributed by atoms with Gasteiger partial charge < -0.3 is 11.1 Å². The molecular weight excluding hydrogens is 283 g/mol. The monoisotopic (exact) mass is 297 g/mol. The number of halogens is 3. The lowest BCUT2D eigenvalue weighted by Crippen LogP contribution is -2.15. The molecule has 0 fully saturated rings. The standard InChI is InChI=1S/C13H14F3N5/c1-2-8-4-3-5-18-9(8)7-19-11-6-10(17)20-12(21-11)13(14,15)16/h3-6H,2,7H2,1H3,(H3,17,19,20,21). The molecular formula is C13H14F3N5. The quantitative estimate of drug-likeness (QED) is 0.907. The fraction of sp³-hybridized carbons (Fsp3) is 0.308. The Bertz CT molecular complexity index is 627. The Morgan fingerprint density at radius 2 is 2.05 bits per heavy atom. The van der Waals surface area contributed by atoms with E-state index in [0.29, 0.717) is 0 Å². The molecule has 5 nitrogen and oxygen atoms in total. The van der Waals surface area contributed by atoms with Crippen LogP contribution in [-0.4, -0.2) is 15.0 Å². The van der Waals surface area contributed by atoms with E-state index in [1.165, 1.54) is 6.07 Å². The lowest BCUT2D eigenvalue weighted by molar-refractivity contribution is -0.144. The lowest BCUT2D eigenvalue weighted by atomic mass is 10.1. The predicted octanol–water partition coefficient (Wildman–Crippen LogP) is 2.65. The second-order valence-corrected chi connectivity index (χ2v) is 4.32. The number of rotatable bonds is 4. The first-order valence-electron chi connectivity index (χ1n) is 6.28. The zero-order chi connectivity index (χ0) is 15.5. The molecule has 0 bridgehead atoms. The highest BCUT2D eigenvalue weighted by atomic mass is 19.4. The molecule has 2 rings (SSSR count). The Hall–Kier alpha value is -2.38. The number of nitrogens with one attached hydrogen (secondary N) is 1. The fourth-order valence-corrected chi connectivity index (χ4v) is 1.81. The van der Waals surface area contributed by atoms with E-state index in [2.05, 4.69) is 20.3 Å². The number of anilines is 2. The molecule has 0 aliphatic carbocycles. The molecule has 0 atom stereocenters. The number of alkyl halides is 3. The van der Waals surface area contributed by atoms with Crippen LogP contribution in [0.15, 0.2) is 24.4 Å². The third-order valence-electron chi connectivity index (χ3n) is 2.80. The van der Waals surface area contributed by atoms with Crippen molar-refractivity contribution in [3.8, 4) is 0 Å². The van der Waals surface area contributed by atoms with Gasteiger partial charge in [0.2, 0.25) is 5.82 Å². The Balaban J connectivity index is 2.19. The van der Waals surface area contributed by atoms with Gasteiger partial charge in [0.15, 0.2) is 0 Å². The Kier molecular flexibility index (Phi) is 4.25. The van der Waals surface area contributed by atoms with Crippen LogP contribution in [0.5, 0.6) is 0 Å². The first-order chi connectivity index (χ1) is 9.90. The zero-order valence-corrected chi connectivity index (χ0v) is 11.3. The van der Waals surface area contributed by atoms with Crippen molar-refractivity contribution in [2.75, 3.05) is 11.1 Å². The van der Waals surface area contributed by atoms with E-state index >= 15 is 0 Å². The molecule has 0 unspecified atom stereocenters. The van der Waals surface area contributed by atoms with Crippen molar-refractivity contribution < 1.29 is 13.2 Å². The molecule has 0 aromatic carbocycles. The first-order valence-corrected chi connectivity index (χ1v) is 6.28. The van der Waals surface area contributed by atoms with Crippen molar-refractivity contribution >= 4 is 11.6 Å². The zero-order valence-electron chi connectivity index (χ0n) is 11.3. The molecule has 8 heteroatoms. The maximum atomic E-state index is 12.6. The van der Waals surface area contributed by atoms with Crippen LogP contribution in [0, 0.1) is 0 Å². The molecule has 0 spiro atoms. The van der Waals surface area contributed by atoms with Gasteiger partial charge in [0.1, 0.15) is 11.6 Å². The van der Waals surface area contributed by atoms with E-state index in [0.717, 1.165) is 17.7 Å². The van der Waals surface area contributed by atoms with Gasteiger partial charge in [0.25, 0.3) is 0 Å². The summed E-state index contributed by atoms with van der Waals surface area (Å²) in [6.07, 6.45) is -2.22. The van der Waals surface area contributed by atoms with E-state index in [1.54, 1.807) is 6.20 Å². The van der Waals surface area contributed by atoms with Crippen LogP contribution in [0.4, 0.5) is 24.8 Å². The summed E-state index contributed by atoms with van der Waals surface area (Å²) >= 11 is 0. The summed E-state index contributed by atoms with van der Waals surface area (Å²) in [7, 11) is 0. The van der Waals surface area contributed by atoms with E-state index in [1.807, 2.05) is 19.1 Å². The largest absolute Gasteiger partial charge is 0.451 e. The second-order valence-electron chi connectivity index (χ2n) is 4.32. The van der Waals surface area contributed by atoms with Gasteiger partial charge in [-0.1, -0.05) is 13.0 Å². The summed E-state index contributed by atoms with van der Waals surface area (Å²) in [6.45, 7) is 2.24. The van der Waals surface area contributed by atoms with Gasteiger partial charge in [-0.2, -0.15) is 13.2 Å². The molecule has 112 valence electrons. The topological polar surface area (TPSA) is 76.7 Å². The maximum absolute atomic E-state index is 12.6. The third kappa shape index (κ3) is 3.80. The van der Waals surface area contributed by atoms with Gasteiger partial charge in [-0.25, -0.2) is 9.97 Å². The van der Waals surface area contributed by atoms with Crippen LogP contribution in [0.3, 0.4) is 0 Å². The van der Waals surface area contributed by atoms with E-state index in [9.17, 15) is 13.2 Å². The average Bonchev–Trinajstić information content (AvgIpc) is 2.44. The number of aromatic nitrogens is 3. The number of nitrogens with two attached hydrogens (primary N) is 1. The minimum absolute atomic E-state index is 0.0162. The molecule has 2 aromatic rings. The molecule has 0 saturated carbocycles. The number of pyridine rings is 1. The first kappa shape index (κ1) is 15.0. The molecule has 2 aromatic heterocycles. The second kappa shape index (κ2) is 5.94. The van der Waals surface area contributed by atoms with Crippen molar-refractivity contribution in [1.82, 2.24) is 15.0 Å². The minimum Gasteiger partial charge on any atom is -0.384 e. The highest BCUT2D eigenvalue weighted by molar-refractivity contribution is 5.45. The summed E-state index contributed by atoms with van der Waals surface area (Å²) in [5, 5.41) is 2.80. The van der Waals surface area contributed by atoms with Gasteiger partial charge in [-0.3, -0.25) is 4.98 Å². The summed E-state index contributed by atoms with van der Waals surface area (Å²) in [4.78, 5) is 10.8. The number of nitrogen functional groups attached to an aromatic ring is 1. The highest BCUT2D eigenvalue weighted by Crippen LogP contribution is 2.27. The predicted molar refractivity (Wildman–Crippen MR) is 72.4 cm³/mol. The van der Waals surface area contributed by atoms with Crippen LogP contribution >= 0.6 is 0 Å². The van der Waals surface area contributed by atoms with E-state index in [-0.39, 0.29) is 18.2 Å². The minimum atomic E-state index is -4.63. The van der Waals surface area contributed by atoms with Gasteiger partial charge in [0, 0.05) is 12.3 Å².